The van der Waals surface area contributed by atoms with Gasteiger partial charge in [-0.2, -0.15) is 0 Å². The summed E-state index contributed by atoms with van der Waals surface area (Å²) in [5, 5.41) is 0. The van der Waals surface area contributed by atoms with Crippen molar-refractivity contribution in [3.63, 3.8) is 0 Å². The van der Waals surface area contributed by atoms with Crippen molar-refractivity contribution in [1.29, 1.82) is 0 Å². The van der Waals surface area contributed by atoms with Crippen LogP contribution in [0, 0.1) is 6.57 Å². The first-order valence-electron chi connectivity index (χ1n) is 6.81. The number of unbranched alkanes of at least 4 members (excludes halogenated alkanes) is 3. The second-order valence-electron chi connectivity index (χ2n) is 4.69. The van der Waals surface area contributed by atoms with E-state index in [1.807, 2.05) is 5.92 Å². The van der Waals surface area contributed by atoms with E-state index < -0.39 is 6.89 Å². The maximum absolute atomic E-state index is 7.16. The third kappa shape index (κ3) is 6.39. The van der Waals surface area contributed by atoms with Gasteiger partial charge in [-0.05, 0) is 18.5 Å². The van der Waals surface area contributed by atoms with Crippen molar-refractivity contribution in [3.05, 3.63) is 11.4 Å². The summed E-state index contributed by atoms with van der Waals surface area (Å²) in [6.07, 6.45) is 11.7. The number of rotatable bonds is 9. The number of nitrogens with zero attached hydrogens (tertiary/aromatic N) is 1. The molecule has 0 amide bonds. The molecule has 0 saturated heterocycles. The molecule has 0 aromatic carbocycles. The Bertz CT molecular complexity index is 221. The molecule has 0 N–H and O–H groups in total. The Balaban J connectivity index is 4.62. The molecule has 0 aliphatic heterocycles. The third-order valence-electron chi connectivity index (χ3n) is 3.17. The predicted octanol–water partition coefficient (Wildman–Crippen LogP) is 5.08. The number of hydrogen-bond acceptors (Lipinski definition) is 0. The lowest BCUT2D eigenvalue weighted by Gasteiger charge is -2.25. The second kappa shape index (κ2) is 9.98. The monoisotopic (exact) mass is 241 g/mol. The Morgan fingerprint density at radius 2 is 1.25 bits per heavy atom. The molecule has 0 aromatic rings. The highest BCUT2D eigenvalue weighted by Crippen LogP contribution is 2.49. The molecule has 0 unspecified atom stereocenters. The Morgan fingerprint density at radius 1 is 0.875 bits per heavy atom. The maximum Gasteiger partial charge on any atom is 0.149 e. The summed E-state index contributed by atoms with van der Waals surface area (Å²) in [5.74, 6) is 2.04. The van der Waals surface area contributed by atoms with Gasteiger partial charge < -0.3 is 0 Å². The van der Waals surface area contributed by atoms with Gasteiger partial charge in [0.05, 0.1) is 6.57 Å². The van der Waals surface area contributed by atoms with E-state index in [1.165, 1.54) is 57.0 Å². The van der Waals surface area contributed by atoms with Gasteiger partial charge in [-0.3, -0.25) is 0 Å². The molecule has 0 aromatic heterocycles. The predicted molar refractivity (Wildman–Crippen MR) is 78.9 cm³/mol. The van der Waals surface area contributed by atoms with Crippen LogP contribution in [-0.4, -0.2) is 24.4 Å². The normalized spacial score (nSPS) is 11.1. The fourth-order valence-corrected chi connectivity index (χ4v) is 6.15. The Labute approximate surface area is 102 Å². The summed E-state index contributed by atoms with van der Waals surface area (Å²) in [5.41, 5.74) is 0. The van der Waals surface area contributed by atoms with Crippen LogP contribution in [0.2, 0.25) is 0 Å². The van der Waals surface area contributed by atoms with Gasteiger partial charge in [-0.1, -0.05) is 66.2 Å². The Hall–Kier alpha value is -0.210. The van der Waals surface area contributed by atoms with Crippen molar-refractivity contribution in [3.8, 4) is 0 Å². The van der Waals surface area contributed by atoms with Crippen molar-refractivity contribution in [2.24, 2.45) is 0 Å². The third-order valence-corrected chi connectivity index (χ3v) is 7.40. The lowest BCUT2D eigenvalue weighted by atomic mass is 10.4. The molecule has 2 heteroatoms. The summed E-state index contributed by atoms with van der Waals surface area (Å²) in [6.45, 7) is 12.9. The Morgan fingerprint density at radius 3 is 1.50 bits per heavy atom. The standard InChI is InChI=1S/C14H28NP/c1-5-8-11-16(14-15-4,12-9-6-2)13-10-7-3/h14H,5-13H2,1-3H3. The quantitative estimate of drug-likeness (QED) is 0.391. The summed E-state index contributed by atoms with van der Waals surface area (Å²) < 4.78 is 0. The van der Waals surface area contributed by atoms with E-state index >= 15 is 0 Å². The van der Waals surface area contributed by atoms with Crippen molar-refractivity contribution in [1.82, 2.24) is 0 Å². The lowest BCUT2D eigenvalue weighted by molar-refractivity contribution is 0.845. The molecule has 0 heterocycles. The largest absolute Gasteiger partial charge is 0.246 e. The molecule has 0 aliphatic carbocycles. The molecule has 16 heavy (non-hydrogen) atoms. The first kappa shape index (κ1) is 15.8. The molecule has 0 bridgehead atoms. The summed E-state index contributed by atoms with van der Waals surface area (Å²) in [6, 6.07) is 0. The average molecular weight is 241 g/mol. The zero-order valence-corrected chi connectivity index (χ0v) is 12.2. The van der Waals surface area contributed by atoms with Gasteiger partial charge in [0, 0.05) is 0 Å². The molecule has 0 spiro atoms. The zero-order chi connectivity index (χ0) is 12.3. The molecular formula is C14H28NP. The van der Waals surface area contributed by atoms with Crippen molar-refractivity contribution < 1.29 is 0 Å². The maximum atomic E-state index is 7.16. The topological polar surface area (TPSA) is 4.36 Å². The first-order valence-corrected chi connectivity index (χ1v) is 9.22. The van der Waals surface area contributed by atoms with E-state index in [2.05, 4.69) is 25.6 Å². The van der Waals surface area contributed by atoms with Crippen LogP contribution >= 0.6 is 6.89 Å². The van der Waals surface area contributed by atoms with Crippen LogP contribution in [-0.2, 0) is 0 Å². The highest BCUT2D eigenvalue weighted by molar-refractivity contribution is 7.75. The lowest BCUT2D eigenvalue weighted by Crippen LogP contribution is -2.03. The molecule has 0 rings (SSSR count). The van der Waals surface area contributed by atoms with E-state index in [9.17, 15) is 0 Å². The Kier molecular flexibility index (Phi) is 9.85. The fourth-order valence-electron chi connectivity index (χ4n) is 2.05. The SMILES string of the molecule is [C-]#[N+]C=P(CCCC)(CCCC)CCCC. The van der Waals surface area contributed by atoms with E-state index in [4.69, 9.17) is 6.57 Å². The molecule has 94 valence electrons. The molecule has 0 aliphatic rings. The van der Waals surface area contributed by atoms with E-state index in [0.29, 0.717) is 0 Å². The van der Waals surface area contributed by atoms with Gasteiger partial charge in [0.1, 0.15) is 5.92 Å². The van der Waals surface area contributed by atoms with Crippen molar-refractivity contribution in [2.45, 2.75) is 59.3 Å². The van der Waals surface area contributed by atoms with Crippen LogP contribution in [0.3, 0.4) is 0 Å². The van der Waals surface area contributed by atoms with Crippen LogP contribution in [0.15, 0.2) is 0 Å². The number of hydrogen-bond donors (Lipinski definition) is 0. The fraction of sp³-hybridized carbons (Fsp3) is 0.857. The van der Waals surface area contributed by atoms with E-state index in [1.54, 1.807) is 0 Å². The minimum atomic E-state index is -1.02. The van der Waals surface area contributed by atoms with Crippen LogP contribution < -0.4 is 0 Å². The van der Waals surface area contributed by atoms with Gasteiger partial charge in [-0.25, -0.2) is 4.85 Å². The molecule has 0 atom stereocenters. The van der Waals surface area contributed by atoms with Crippen LogP contribution in [0.1, 0.15) is 59.3 Å². The minimum Gasteiger partial charge on any atom is -0.246 e. The molecule has 1 nitrogen and oxygen atoms in total. The smallest absolute Gasteiger partial charge is 0.149 e. The zero-order valence-electron chi connectivity index (χ0n) is 11.3. The van der Waals surface area contributed by atoms with E-state index in [-0.39, 0.29) is 0 Å². The summed E-state index contributed by atoms with van der Waals surface area (Å²) in [7, 11) is 0. The van der Waals surface area contributed by atoms with Gasteiger partial charge in [-0.15, -0.1) is 0 Å². The van der Waals surface area contributed by atoms with Gasteiger partial charge in [0.15, 0.2) is 0 Å². The van der Waals surface area contributed by atoms with Gasteiger partial charge in [0.25, 0.3) is 0 Å². The minimum absolute atomic E-state index is 1.02. The molecule has 0 radical (unpaired) electrons. The summed E-state index contributed by atoms with van der Waals surface area (Å²) >= 11 is 0. The summed E-state index contributed by atoms with van der Waals surface area (Å²) in [4.78, 5) is 3.64. The van der Waals surface area contributed by atoms with Gasteiger partial charge in [0.2, 0.25) is 0 Å². The van der Waals surface area contributed by atoms with E-state index in [0.717, 1.165) is 0 Å². The second-order valence-corrected chi connectivity index (χ2v) is 8.70. The highest BCUT2D eigenvalue weighted by atomic mass is 31.2. The van der Waals surface area contributed by atoms with Crippen molar-refractivity contribution >= 4 is 12.8 Å². The molecule has 0 saturated carbocycles. The van der Waals surface area contributed by atoms with Crippen LogP contribution in [0.25, 0.3) is 4.85 Å². The molecule has 0 fully saturated rings. The van der Waals surface area contributed by atoms with Crippen LogP contribution in [0.4, 0.5) is 0 Å². The highest BCUT2D eigenvalue weighted by Gasteiger charge is 2.15. The molecular weight excluding hydrogens is 213 g/mol. The van der Waals surface area contributed by atoms with Crippen molar-refractivity contribution in [2.75, 3.05) is 18.5 Å². The van der Waals surface area contributed by atoms with Gasteiger partial charge >= 0.3 is 0 Å². The van der Waals surface area contributed by atoms with Crippen LogP contribution in [0.5, 0.6) is 0 Å². The average Bonchev–Trinajstić information content (AvgIpc) is 2.31. The first-order chi connectivity index (χ1) is 7.74.